The van der Waals surface area contributed by atoms with E-state index in [1.165, 1.54) is 0 Å². The first kappa shape index (κ1) is 19.2. The van der Waals surface area contributed by atoms with Crippen LogP contribution in [-0.4, -0.2) is 25.4 Å². The quantitative estimate of drug-likeness (QED) is 0.724. The molecule has 0 saturated heterocycles. The fraction of sp³-hybridized carbons (Fsp3) is 0.391. The second-order valence-electron chi connectivity index (χ2n) is 7.33. The summed E-state index contributed by atoms with van der Waals surface area (Å²) in [4.78, 5) is 27.4. The number of carbonyl (C=O) groups excluding carboxylic acids is 2. The van der Waals surface area contributed by atoms with Gasteiger partial charge < -0.3 is 10.2 Å². The van der Waals surface area contributed by atoms with Crippen molar-refractivity contribution in [3.63, 3.8) is 0 Å². The SMILES string of the molecule is CCCCNC(=O)CC[C@]1(Cc2ccccc2)C(=O)N(C)c2ccccc21. The van der Waals surface area contributed by atoms with Crippen molar-refractivity contribution in [2.45, 2.75) is 44.4 Å². The van der Waals surface area contributed by atoms with Crippen LogP contribution in [0.15, 0.2) is 54.6 Å². The average Bonchev–Trinajstić information content (AvgIpc) is 2.90. The van der Waals surface area contributed by atoms with E-state index < -0.39 is 5.41 Å². The smallest absolute Gasteiger partial charge is 0.237 e. The highest BCUT2D eigenvalue weighted by Crippen LogP contribution is 2.46. The second-order valence-corrected chi connectivity index (χ2v) is 7.33. The average molecular weight is 364 g/mol. The minimum absolute atomic E-state index is 0.0238. The molecule has 1 heterocycles. The molecule has 4 nitrogen and oxygen atoms in total. The Morgan fingerprint density at radius 2 is 1.78 bits per heavy atom. The van der Waals surface area contributed by atoms with Gasteiger partial charge in [-0.3, -0.25) is 9.59 Å². The van der Waals surface area contributed by atoms with Crippen LogP contribution in [0.5, 0.6) is 0 Å². The molecule has 0 radical (unpaired) electrons. The zero-order valence-corrected chi connectivity index (χ0v) is 16.2. The Balaban J connectivity index is 1.89. The molecule has 0 unspecified atom stereocenters. The van der Waals surface area contributed by atoms with Gasteiger partial charge in [0.2, 0.25) is 11.8 Å². The standard InChI is InChI=1S/C23H28N2O2/c1-3-4-16-24-21(26)14-15-23(17-18-10-6-5-7-11-18)19-12-8-9-13-20(19)25(2)22(23)27/h5-13H,3-4,14-17H2,1-2H3,(H,24,26)/t23-/m1/s1. The van der Waals surface area contributed by atoms with Crippen molar-refractivity contribution in [1.29, 1.82) is 0 Å². The number of benzene rings is 2. The molecule has 2 amide bonds. The lowest BCUT2D eigenvalue weighted by Gasteiger charge is -2.28. The summed E-state index contributed by atoms with van der Waals surface area (Å²) in [6, 6.07) is 18.0. The van der Waals surface area contributed by atoms with Crippen LogP contribution in [0.25, 0.3) is 0 Å². The number of fused-ring (bicyclic) bond motifs is 1. The van der Waals surface area contributed by atoms with Crippen molar-refractivity contribution < 1.29 is 9.59 Å². The van der Waals surface area contributed by atoms with Crippen molar-refractivity contribution in [2.24, 2.45) is 0 Å². The van der Waals surface area contributed by atoms with Gasteiger partial charge in [-0.2, -0.15) is 0 Å². The Morgan fingerprint density at radius 3 is 2.52 bits per heavy atom. The lowest BCUT2D eigenvalue weighted by atomic mass is 9.73. The number of amides is 2. The van der Waals surface area contributed by atoms with Gasteiger partial charge in [-0.25, -0.2) is 0 Å². The first-order valence-corrected chi connectivity index (χ1v) is 9.77. The largest absolute Gasteiger partial charge is 0.356 e. The zero-order valence-electron chi connectivity index (χ0n) is 16.2. The molecule has 1 aliphatic rings. The maximum absolute atomic E-state index is 13.4. The van der Waals surface area contributed by atoms with Crippen LogP contribution in [0.3, 0.4) is 0 Å². The third-order valence-corrected chi connectivity index (χ3v) is 5.48. The maximum atomic E-state index is 13.4. The van der Waals surface area contributed by atoms with Gasteiger partial charge in [0.05, 0.1) is 5.41 Å². The van der Waals surface area contributed by atoms with Crippen LogP contribution in [-0.2, 0) is 21.4 Å². The van der Waals surface area contributed by atoms with Crippen LogP contribution in [0.4, 0.5) is 5.69 Å². The summed E-state index contributed by atoms with van der Waals surface area (Å²) in [5.74, 6) is 0.102. The number of rotatable bonds is 8. The van der Waals surface area contributed by atoms with Gasteiger partial charge in [0.25, 0.3) is 0 Å². The van der Waals surface area contributed by atoms with Gasteiger partial charge in [-0.15, -0.1) is 0 Å². The summed E-state index contributed by atoms with van der Waals surface area (Å²) in [6.07, 6.45) is 3.50. The van der Waals surface area contributed by atoms with Crippen molar-refractivity contribution >= 4 is 17.5 Å². The number of nitrogens with one attached hydrogen (secondary N) is 1. The van der Waals surface area contributed by atoms with E-state index in [1.54, 1.807) is 4.90 Å². The zero-order chi connectivity index (χ0) is 19.3. The van der Waals surface area contributed by atoms with Crippen molar-refractivity contribution in [3.8, 4) is 0 Å². The van der Waals surface area contributed by atoms with Crippen LogP contribution in [0, 0.1) is 0 Å². The topological polar surface area (TPSA) is 49.4 Å². The monoisotopic (exact) mass is 364 g/mol. The molecule has 142 valence electrons. The molecule has 3 rings (SSSR count). The van der Waals surface area contributed by atoms with Crippen LogP contribution in [0.1, 0.15) is 43.7 Å². The van der Waals surface area contributed by atoms with E-state index in [0.29, 0.717) is 25.8 Å². The Morgan fingerprint density at radius 1 is 1.07 bits per heavy atom. The van der Waals surface area contributed by atoms with E-state index in [1.807, 2.05) is 49.5 Å². The molecule has 2 aromatic rings. The molecule has 1 atom stereocenters. The highest BCUT2D eigenvalue weighted by molar-refractivity contribution is 6.08. The number of carbonyl (C=O) groups is 2. The van der Waals surface area contributed by atoms with Crippen molar-refractivity contribution in [1.82, 2.24) is 5.32 Å². The third kappa shape index (κ3) is 3.90. The fourth-order valence-corrected chi connectivity index (χ4v) is 3.98. The molecule has 1 N–H and O–H groups in total. The number of hydrogen-bond acceptors (Lipinski definition) is 2. The summed E-state index contributed by atoms with van der Waals surface area (Å²) in [7, 11) is 1.83. The summed E-state index contributed by atoms with van der Waals surface area (Å²) in [6.45, 7) is 2.80. The summed E-state index contributed by atoms with van der Waals surface area (Å²) < 4.78 is 0. The number of anilines is 1. The highest BCUT2D eigenvalue weighted by atomic mass is 16.2. The molecule has 1 aliphatic heterocycles. The summed E-state index contributed by atoms with van der Waals surface area (Å²) >= 11 is 0. The minimum Gasteiger partial charge on any atom is -0.356 e. The number of hydrogen-bond donors (Lipinski definition) is 1. The number of nitrogens with zero attached hydrogens (tertiary/aromatic N) is 1. The first-order valence-electron chi connectivity index (χ1n) is 9.77. The van der Waals surface area contributed by atoms with Crippen LogP contribution >= 0.6 is 0 Å². The van der Waals surface area contributed by atoms with Gasteiger partial charge in [0.15, 0.2) is 0 Å². The molecular formula is C23H28N2O2. The van der Waals surface area contributed by atoms with Crippen molar-refractivity contribution in [3.05, 3.63) is 65.7 Å². The normalized spacial score (nSPS) is 18.4. The Bertz CT molecular complexity index is 803. The predicted octanol–water partition coefficient (Wildman–Crippen LogP) is 3.84. The van der Waals surface area contributed by atoms with Crippen LogP contribution < -0.4 is 10.2 Å². The van der Waals surface area contributed by atoms with E-state index in [9.17, 15) is 9.59 Å². The first-order chi connectivity index (χ1) is 13.1. The molecule has 2 aromatic carbocycles. The molecule has 4 heteroatoms. The lowest BCUT2D eigenvalue weighted by molar-refractivity contribution is -0.124. The summed E-state index contributed by atoms with van der Waals surface area (Å²) in [5.41, 5.74) is 2.41. The molecule has 0 fully saturated rings. The van der Waals surface area contributed by atoms with Gasteiger partial charge in [-0.05, 0) is 36.5 Å². The number of unbranched alkanes of at least 4 members (excludes halogenated alkanes) is 1. The Hall–Kier alpha value is -2.62. The van der Waals surface area contributed by atoms with Gasteiger partial charge in [0, 0.05) is 25.7 Å². The molecular weight excluding hydrogens is 336 g/mol. The van der Waals surface area contributed by atoms with E-state index in [0.717, 1.165) is 29.7 Å². The molecule has 0 bridgehead atoms. The minimum atomic E-state index is -0.686. The molecule has 0 spiro atoms. The Labute approximate surface area is 161 Å². The second kappa shape index (κ2) is 8.38. The molecule has 0 aliphatic carbocycles. The predicted molar refractivity (Wildman–Crippen MR) is 109 cm³/mol. The third-order valence-electron chi connectivity index (χ3n) is 5.48. The van der Waals surface area contributed by atoms with E-state index in [-0.39, 0.29) is 11.8 Å². The Kier molecular flexibility index (Phi) is 5.94. The molecule has 0 aromatic heterocycles. The van der Waals surface area contributed by atoms with Crippen LogP contribution in [0.2, 0.25) is 0 Å². The van der Waals surface area contributed by atoms with Gasteiger partial charge in [-0.1, -0.05) is 61.9 Å². The number of para-hydroxylation sites is 1. The van der Waals surface area contributed by atoms with Crippen molar-refractivity contribution in [2.75, 3.05) is 18.5 Å². The van der Waals surface area contributed by atoms with Gasteiger partial charge in [0.1, 0.15) is 0 Å². The lowest BCUT2D eigenvalue weighted by Crippen LogP contribution is -2.41. The fourth-order valence-electron chi connectivity index (χ4n) is 3.98. The molecule has 0 saturated carbocycles. The van der Waals surface area contributed by atoms with Gasteiger partial charge >= 0.3 is 0 Å². The number of likely N-dealkylation sites (N-methyl/N-ethyl adjacent to an activating group) is 1. The van der Waals surface area contributed by atoms with E-state index in [4.69, 9.17) is 0 Å². The highest BCUT2D eigenvalue weighted by Gasteiger charge is 2.49. The van der Waals surface area contributed by atoms with E-state index >= 15 is 0 Å². The molecule has 27 heavy (non-hydrogen) atoms. The van der Waals surface area contributed by atoms with E-state index in [2.05, 4.69) is 24.4 Å². The summed E-state index contributed by atoms with van der Waals surface area (Å²) in [5, 5.41) is 2.97. The maximum Gasteiger partial charge on any atom is 0.237 e.